The Balaban J connectivity index is 1.54. The summed E-state index contributed by atoms with van der Waals surface area (Å²) in [6.07, 6.45) is -3.41. The van der Waals surface area contributed by atoms with Gasteiger partial charge in [-0.25, -0.2) is 9.37 Å². The van der Waals surface area contributed by atoms with Gasteiger partial charge in [-0.3, -0.25) is 9.36 Å². The number of halogens is 1. The number of carbonyl (C=O) groups is 1. The van der Waals surface area contributed by atoms with Gasteiger partial charge in [0.2, 0.25) is 5.95 Å². The number of benzene rings is 1. The molecule has 1 fully saturated rings. The van der Waals surface area contributed by atoms with E-state index in [4.69, 9.17) is 24.6 Å². The minimum Gasteiger partial charge on any atom is -0.462 e. The van der Waals surface area contributed by atoms with Crippen LogP contribution in [0, 0.1) is 0 Å². The molecule has 1 aromatic carbocycles. The predicted molar refractivity (Wildman–Crippen MR) is 151 cm³/mol. The van der Waals surface area contributed by atoms with E-state index in [9.17, 15) is 14.5 Å². The number of fused-ring (bicyclic) bond motifs is 1. The van der Waals surface area contributed by atoms with E-state index >= 15 is 4.39 Å². The molecule has 0 aliphatic carbocycles. The lowest BCUT2D eigenvalue weighted by atomic mass is 9.98. The summed E-state index contributed by atoms with van der Waals surface area (Å²) >= 11 is 0. The van der Waals surface area contributed by atoms with Gasteiger partial charge in [0.15, 0.2) is 40.7 Å². The van der Waals surface area contributed by atoms with Crippen molar-refractivity contribution in [3.05, 3.63) is 36.7 Å². The Morgan fingerprint density at radius 3 is 2.62 bits per heavy atom. The number of para-hydroxylation sites is 1. The van der Waals surface area contributed by atoms with Crippen LogP contribution in [0.4, 0.5) is 16.2 Å². The number of carbonyl (C=O) groups excluding carboxylic acids is 1. The lowest BCUT2D eigenvalue weighted by Gasteiger charge is -2.24. The summed E-state index contributed by atoms with van der Waals surface area (Å²) in [6.45, 7) is 8.01. The SMILES string of the molecule is CCN(C)c1nc(N)nc2c1ncn2[C@@H]1O[C@H](CO[P+](=O)N(Oc2ccccc2)[C@@H](C)C(=O)OC(C)C)[C@@H](O)[C@@]1(C)F. The van der Waals surface area contributed by atoms with Crippen LogP contribution in [-0.4, -0.2) is 85.7 Å². The Bertz CT molecular complexity index is 1410. The van der Waals surface area contributed by atoms with E-state index in [0.29, 0.717) is 23.6 Å². The van der Waals surface area contributed by atoms with E-state index in [1.807, 2.05) is 11.8 Å². The number of alkyl halides is 1. The number of hydroxylamine groups is 1. The lowest BCUT2D eigenvalue weighted by Crippen LogP contribution is -2.41. The fourth-order valence-electron chi connectivity index (χ4n) is 4.31. The van der Waals surface area contributed by atoms with Crippen LogP contribution in [0.1, 0.15) is 40.8 Å². The largest absolute Gasteiger partial charge is 0.653 e. The minimum atomic E-state index is -2.85. The number of rotatable bonds is 12. The molecule has 0 amide bonds. The zero-order valence-electron chi connectivity index (χ0n) is 24.2. The highest BCUT2D eigenvalue weighted by Crippen LogP contribution is 2.44. The fourth-order valence-corrected chi connectivity index (χ4v) is 5.24. The van der Waals surface area contributed by atoms with Gasteiger partial charge in [-0.15, -0.1) is 4.52 Å². The summed E-state index contributed by atoms with van der Waals surface area (Å²) < 4.78 is 47.3. The van der Waals surface area contributed by atoms with Gasteiger partial charge in [-0.1, -0.05) is 18.2 Å². The second-order valence-corrected chi connectivity index (χ2v) is 11.4. The minimum absolute atomic E-state index is 0.0424. The summed E-state index contributed by atoms with van der Waals surface area (Å²) in [4.78, 5) is 33.8. The van der Waals surface area contributed by atoms with Crippen molar-refractivity contribution < 1.29 is 37.7 Å². The number of nitrogen functional groups attached to an aromatic ring is 1. The Labute approximate surface area is 243 Å². The van der Waals surface area contributed by atoms with E-state index in [2.05, 4.69) is 15.0 Å². The molecule has 228 valence electrons. The van der Waals surface area contributed by atoms with E-state index in [1.165, 1.54) is 24.7 Å². The van der Waals surface area contributed by atoms with Crippen molar-refractivity contribution in [2.24, 2.45) is 0 Å². The molecule has 0 spiro atoms. The van der Waals surface area contributed by atoms with Crippen LogP contribution in [0.25, 0.3) is 11.2 Å². The second-order valence-electron chi connectivity index (χ2n) is 10.3. The summed E-state index contributed by atoms with van der Waals surface area (Å²) in [7, 11) is -1.05. The number of anilines is 2. The fraction of sp³-hybridized carbons (Fsp3) is 0.538. The molecule has 1 aliphatic heterocycles. The number of imidazole rings is 1. The molecule has 6 atom stereocenters. The van der Waals surface area contributed by atoms with Crippen molar-refractivity contribution in [2.45, 2.75) is 70.9 Å². The third-order valence-corrected chi connectivity index (χ3v) is 7.82. The summed E-state index contributed by atoms with van der Waals surface area (Å²) in [5, 5.41) is 10.9. The van der Waals surface area contributed by atoms with Crippen LogP contribution < -0.4 is 15.5 Å². The van der Waals surface area contributed by atoms with Gasteiger partial charge < -0.3 is 30.1 Å². The van der Waals surface area contributed by atoms with E-state index < -0.39 is 57.0 Å². The molecular weight excluding hydrogens is 572 g/mol. The molecule has 16 heteroatoms. The van der Waals surface area contributed by atoms with Gasteiger partial charge >= 0.3 is 14.1 Å². The van der Waals surface area contributed by atoms with Crippen LogP contribution in [0.3, 0.4) is 0 Å². The highest BCUT2D eigenvalue weighted by atomic mass is 31.1. The van der Waals surface area contributed by atoms with Gasteiger partial charge in [0.05, 0.1) is 12.4 Å². The van der Waals surface area contributed by atoms with Crippen molar-refractivity contribution >= 4 is 37.1 Å². The highest BCUT2D eigenvalue weighted by molar-refractivity contribution is 7.36. The van der Waals surface area contributed by atoms with Crippen LogP contribution in [0.15, 0.2) is 36.7 Å². The molecule has 14 nitrogen and oxygen atoms in total. The zero-order chi connectivity index (χ0) is 30.8. The number of hydrogen-bond donors (Lipinski definition) is 2. The van der Waals surface area contributed by atoms with Crippen LogP contribution in [0.5, 0.6) is 5.75 Å². The highest BCUT2D eigenvalue weighted by Gasteiger charge is 2.56. The second kappa shape index (κ2) is 12.8. The smallest absolute Gasteiger partial charge is 0.462 e. The maximum absolute atomic E-state index is 16.0. The van der Waals surface area contributed by atoms with Gasteiger partial charge in [-0.2, -0.15) is 9.97 Å². The van der Waals surface area contributed by atoms with Crippen molar-refractivity contribution in [1.82, 2.24) is 24.4 Å². The Kier molecular flexibility index (Phi) is 9.58. The van der Waals surface area contributed by atoms with E-state index in [1.54, 1.807) is 51.2 Å². The molecule has 1 saturated heterocycles. The number of hydrogen-bond acceptors (Lipinski definition) is 12. The number of aromatic nitrogens is 4. The Morgan fingerprint density at radius 1 is 1.29 bits per heavy atom. The molecule has 3 aromatic rings. The van der Waals surface area contributed by atoms with Gasteiger partial charge in [-0.05, 0) is 51.3 Å². The quantitative estimate of drug-likeness (QED) is 0.175. The average Bonchev–Trinajstić information content (AvgIpc) is 3.46. The lowest BCUT2D eigenvalue weighted by molar-refractivity contribution is -0.159. The molecule has 1 aliphatic rings. The molecule has 3 heterocycles. The van der Waals surface area contributed by atoms with Crippen LogP contribution >= 0.6 is 8.18 Å². The molecule has 0 saturated carbocycles. The van der Waals surface area contributed by atoms with Gasteiger partial charge in [0.25, 0.3) is 0 Å². The number of nitrogens with zero attached hydrogens (tertiary/aromatic N) is 6. The normalized spacial score (nSPS) is 23.4. The number of nitrogens with two attached hydrogens (primary N) is 1. The Morgan fingerprint density at radius 2 is 1.98 bits per heavy atom. The number of aliphatic hydroxyl groups is 1. The predicted octanol–water partition coefficient (Wildman–Crippen LogP) is 3.16. The number of aliphatic hydroxyl groups excluding tert-OH is 1. The number of ether oxygens (including phenoxy) is 2. The summed E-state index contributed by atoms with van der Waals surface area (Å²) in [5.74, 6) is 0.0174. The molecule has 42 heavy (non-hydrogen) atoms. The first kappa shape index (κ1) is 31.4. The van der Waals surface area contributed by atoms with Crippen molar-refractivity contribution in [3.63, 3.8) is 0 Å². The molecular formula is C26H36FN7O7P+. The first-order chi connectivity index (χ1) is 19.8. The molecule has 0 bridgehead atoms. The van der Waals surface area contributed by atoms with Crippen molar-refractivity contribution in [1.29, 1.82) is 0 Å². The van der Waals surface area contributed by atoms with Crippen molar-refractivity contribution in [2.75, 3.05) is 30.8 Å². The molecule has 3 N–H and O–H groups in total. The van der Waals surface area contributed by atoms with Crippen LogP contribution in [-0.2, 0) is 23.4 Å². The molecule has 1 unspecified atom stereocenters. The topological polar surface area (TPSA) is 167 Å². The molecule has 2 aromatic heterocycles. The summed E-state index contributed by atoms with van der Waals surface area (Å²) in [5.41, 5.74) is 4.18. The molecule has 4 rings (SSSR count). The molecule has 0 radical (unpaired) electrons. The maximum atomic E-state index is 16.0. The van der Waals surface area contributed by atoms with Gasteiger partial charge in [0.1, 0.15) is 23.6 Å². The first-order valence-electron chi connectivity index (χ1n) is 13.4. The van der Waals surface area contributed by atoms with Crippen molar-refractivity contribution in [3.8, 4) is 5.75 Å². The Hall–Kier alpha value is -3.49. The maximum Gasteiger partial charge on any atom is 0.653 e. The first-order valence-corrected chi connectivity index (χ1v) is 14.5. The van der Waals surface area contributed by atoms with E-state index in [0.717, 1.165) is 4.83 Å². The van der Waals surface area contributed by atoms with Crippen LogP contribution in [0.2, 0.25) is 0 Å². The van der Waals surface area contributed by atoms with E-state index in [-0.39, 0.29) is 11.6 Å². The summed E-state index contributed by atoms with van der Waals surface area (Å²) in [6, 6.07) is 7.24. The zero-order valence-corrected chi connectivity index (χ0v) is 25.1. The third-order valence-electron chi connectivity index (χ3n) is 6.70. The van der Waals surface area contributed by atoms with Gasteiger partial charge in [0, 0.05) is 13.6 Å². The number of esters is 1. The average molecular weight is 609 g/mol. The monoisotopic (exact) mass is 608 g/mol. The standard InChI is InChI=1S/C26H36FN7O7P/c1-7-32(6)21-19-22(31-25(28)30-21)33(14-29-19)24-26(5,27)20(35)18(40-24)13-38-42(37)34(16(4)23(36)39-15(2)3)41-17-11-9-8-10-12-17/h8-12,14-16,18,20,24,35H,7,13H2,1-6H3,(H2,28,30,31)/q+1/t16-,18+,20+,24+,26+/m0/s1. The third kappa shape index (κ3) is 6.45.